The van der Waals surface area contributed by atoms with Crippen LogP contribution >= 0.6 is 0 Å². The van der Waals surface area contributed by atoms with Crippen molar-refractivity contribution in [1.29, 1.82) is 0 Å². The van der Waals surface area contributed by atoms with Crippen LogP contribution < -0.4 is 5.32 Å². The number of rotatable bonds is 12. The number of aliphatic hydroxyl groups excluding tert-OH is 1. The molecule has 0 spiro atoms. The molecule has 2 fully saturated rings. The zero-order valence-corrected chi connectivity index (χ0v) is 28.2. The Morgan fingerprint density at radius 2 is 1.53 bits per heavy atom. The van der Waals surface area contributed by atoms with Gasteiger partial charge < -0.3 is 24.6 Å². The molecule has 2 aliphatic rings. The Morgan fingerprint density at radius 3 is 2.24 bits per heavy atom. The number of nitrogens with zero attached hydrogens (tertiary/aromatic N) is 2. The summed E-state index contributed by atoms with van der Waals surface area (Å²) in [6, 6.07) is 35.2. The fraction of sp³-hybridized carbons (Fsp3) is 0.341. The van der Waals surface area contributed by atoms with Crippen molar-refractivity contribution in [3.63, 3.8) is 0 Å². The standard InChI is InChI=1S/C41H47N3O5/c1-3-24-47-41(46)42-26-33-10-7-11-37(25-33)34-16-18-36(19-17-34)40-48-38(30(2)39(49-40)35-14-12-32(29-45)13-15-35)28-44-22-20-43(21-23-44)27-31-8-5-4-6-9-31/h3-19,25,30,38-40,45H,1,20-24,26-29H2,2H3,(H,42,46). The van der Waals surface area contributed by atoms with Crippen molar-refractivity contribution in [2.75, 3.05) is 39.3 Å². The van der Waals surface area contributed by atoms with Gasteiger partial charge in [0.05, 0.1) is 18.8 Å². The SMILES string of the molecule is C=CCOC(=O)NCc1cccc(-c2ccc(C3OC(CN4CCN(Cc5ccccc5)CC4)C(C)C(c4ccc(CO)cc4)O3)cc2)c1. The minimum absolute atomic E-state index is 0.0139. The van der Waals surface area contributed by atoms with E-state index in [-0.39, 0.29) is 31.3 Å². The third kappa shape index (κ3) is 9.23. The minimum atomic E-state index is -0.519. The molecule has 0 radical (unpaired) electrons. The lowest BCUT2D eigenvalue weighted by molar-refractivity contribution is -0.276. The third-order valence-corrected chi connectivity index (χ3v) is 9.49. The average molecular weight is 662 g/mol. The van der Waals surface area contributed by atoms with E-state index in [2.05, 4.69) is 107 Å². The smallest absolute Gasteiger partial charge is 0.407 e. The number of nitrogens with one attached hydrogen (secondary N) is 1. The van der Waals surface area contributed by atoms with Crippen molar-refractivity contribution in [3.05, 3.63) is 144 Å². The van der Waals surface area contributed by atoms with Gasteiger partial charge >= 0.3 is 6.09 Å². The lowest BCUT2D eigenvalue weighted by atomic mass is 9.89. The number of hydrogen-bond acceptors (Lipinski definition) is 7. The highest BCUT2D eigenvalue weighted by Gasteiger charge is 2.39. The lowest BCUT2D eigenvalue weighted by Gasteiger charge is -2.44. The molecule has 2 aliphatic heterocycles. The van der Waals surface area contributed by atoms with E-state index in [4.69, 9.17) is 14.2 Å². The van der Waals surface area contributed by atoms with E-state index >= 15 is 0 Å². The summed E-state index contributed by atoms with van der Waals surface area (Å²) in [7, 11) is 0. The first-order valence-electron chi connectivity index (χ1n) is 17.2. The normalized spacial score (nSPS) is 21.6. The fourth-order valence-corrected chi connectivity index (χ4v) is 6.61. The van der Waals surface area contributed by atoms with Crippen LogP contribution in [0.4, 0.5) is 4.79 Å². The van der Waals surface area contributed by atoms with Crippen LogP contribution in [0.3, 0.4) is 0 Å². The highest BCUT2D eigenvalue weighted by molar-refractivity contribution is 5.68. The Hall–Kier alpha value is -4.31. The van der Waals surface area contributed by atoms with Crippen LogP contribution in [0.25, 0.3) is 11.1 Å². The van der Waals surface area contributed by atoms with Gasteiger partial charge in [-0.1, -0.05) is 117 Å². The van der Waals surface area contributed by atoms with E-state index in [1.165, 1.54) is 5.56 Å². The molecule has 2 heterocycles. The number of benzene rings is 4. The maximum Gasteiger partial charge on any atom is 0.407 e. The molecule has 4 atom stereocenters. The molecule has 2 N–H and O–H groups in total. The van der Waals surface area contributed by atoms with Gasteiger partial charge in [0.25, 0.3) is 0 Å². The van der Waals surface area contributed by atoms with Crippen molar-refractivity contribution in [2.45, 2.75) is 45.1 Å². The van der Waals surface area contributed by atoms with Crippen LogP contribution in [0, 0.1) is 5.92 Å². The first-order valence-corrected chi connectivity index (χ1v) is 17.2. The minimum Gasteiger partial charge on any atom is -0.445 e. The molecule has 256 valence electrons. The van der Waals surface area contributed by atoms with Crippen LogP contribution in [0.2, 0.25) is 0 Å². The molecule has 4 unspecified atom stereocenters. The second kappa shape index (κ2) is 16.9. The molecule has 0 saturated carbocycles. The van der Waals surface area contributed by atoms with Crippen LogP contribution in [0.1, 0.15) is 47.1 Å². The molecule has 1 amide bonds. The molecule has 4 aromatic rings. The summed E-state index contributed by atoms with van der Waals surface area (Å²) >= 11 is 0. The first-order chi connectivity index (χ1) is 24.0. The maximum absolute atomic E-state index is 11.9. The molecule has 49 heavy (non-hydrogen) atoms. The van der Waals surface area contributed by atoms with Gasteiger partial charge in [0, 0.05) is 57.3 Å². The van der Waals surface area contributed by atoms with Crippen molar-refractivity contribution in [2.24, 2.45) is 5.92 Å². The van der Waals surface area contributed by atoms with E-state index < -0.39 is 12.4 Å². The Labute approximate surface area is 289 Å². The average Bonchev–Trinajstić information content (AvgIpc) is 3.15. The van der Waals surface area contributed by atoms with Crippen molar-refractivity contribution in [3.8, 4) is 11.1 Å². The summed E-state index contributed by atoms with van der Waals surface area (Å²) < 4.78 is 18.5. The summed E-state index contributed by atoms with van der Waals surface area (Å²) in [6.07, 6.45) is 0.373. The molecule has 8 heteroatoms. The zero-order chi connectivity index (χ0) is 34.0. The molecule has 0 aliphatic carbocycles. The van der Waals surface area contributed by atoms with E-state index in [1.54, 1.807) is 6.08 Å². The van der Waals surface area contributed by atoms with Gasteiger partial charge in [-0.3, -0.25) is 9.80 Å². The number of ether oxygens (including phenoxy) is 3. The van der Waals surface area contributed by atoms with Crippen LogP contribution in [0.5, 0.6) is 0 Å². The van der Waals surface area contributed by atoms with Gasteiger partial charge in [0.15, 0.2) is 6.29 Å². The molecule has 8 nitrogen and oxygen atoms in total. The van der Waals surface area contributed by atoms with Crippen LogP contribution in [-0.4, -0.2) is 66.4 Å². The molecular formula is C41H47N3O5. The second-order valence-corrected chi connectivity index (χ2v) is 12.9. The molecule has 0 bridgehead atoms. The Balaban J connectivity index is 1.14. The van der Waals surface area contributed by atoms with E-state index in [1.807, 2.05) is 24.3 Å². The predicted octanol–water partition coefficient (Wildman–Crippen LogP) is 6.87. The Kier molecular flexibility index (Phi) is 11.9. The third-order valence-electron chi connectivity index (χ3n) is 9.49. The van der Waals surface area contributed by atoms with E-state index in [0.717, 1.165) is 72.6 Å². The van der Waals surface area contributed by atoms with E-state index in [0.29, 0.717) is 6.54 Å². The molecule has 0 aromatic heterocycles. The maximum atomic E-state index is 11.9. The van der Waals surface area contributed by atoms with Crippen molar-refractivity contribution >= 4 is 6.09 Å². The first kappa shape index (κ1) is 34.5. The largest absolute Gasteiger partial charge is 0.445 e. The molecule has 6 rings (SSSR count). The lowest BCUT2D eigenvalue weighted by Crippen LogP contribution is -2.51. The number of hydrogen-bond donors (Lipinski definition) is 2. The predicted molar refractivity (Wildman–Crippen MR) is 191 cm³/mol. The van der Waals surface area contributed by atoms with Crippen molar-refractivity contribution in [1.82, 2.24) is 15.1 Å². The molecule has 2 saturated heterocycles. The second-order valence-electron chi connectivity index (χ2n) is 12.9. The summed E-state index contributed by atoms with van der Waals surface area (Å²) in [6.45, 7) is 12.2. The van der Waals surface area contributed by atoms with Crippen LogP contribution in [0.15, 0.2) is 116 Å². The number of carbonyl (C=O) groups is 1. The van der Waals surface area contributed by atoms with Crippen molar-refractivity contribution < 1.29 is 24.1 Å². The summed E-state index contributed by atoms with van der Waals surface area (Å²) in [5, 5.41) is 12.4. The van der Waals surface area contributed by atoms with E-state index in [9.17, 15) is 9.90 Å². The van der Waals surface area contributed by atoms with Gasteiger partial charge in [-0.15, -0.1) is 0 Å². The van der Waals surface area contributed by atoms with Gasteiger partial charge in [-0.05, 0) is 39.4 Å². The topological polar surface area (TPSA) is 83.5 Å². The fourth-order valence-electron chi connectivity index (χ4n) is 6.61. The summed E-state index contributed by atoms with van der Waals surface area (Å²) in [4.78, 5) is 16.9. The van der Waals surface area contributed by atoms with Crippen LogP contribution in [-0.2, 0) is 33.9 Å². The zero-order valence-electron chi connectivity index (χ0n) is 28.2. The number of aliphatic hydroxyl groups is 1. The number of alkyl carbamates (subject to hydrolysis) is 1. The summed E-state index contributed by atoms with van der Waals surface area (Å²) in [5.74, 6) is 0.128. The quantitative estimate of drug-likeness (QED) is 0.161. The van der Waals surface area contributed by atoms with Gasteiger partial charge in [0.1, 0.15) is 6.61 Å². The number of carbonyl (C=O) groups excluding carboxylic acids is 1. The molecule has 4 aromatic carbocycles. The highest BCUT2D eigenvalue weighted by atomic mass is 16.7. The van der Waals surface area contributed by atoms with Gasteiger partial charge in [0.2, 0.25) is 0 Å². The number of piperazine rings is 1. The monoisotopic (exact) mass is 661 g/mol. The summed E-state index contributed by atoms with van der Waals surface area (Å²) in [5.41, 5.74) is 7.38. The Bertz CT molecular complexity index is 1640. The number of amides is 1. The molecular weight excluding hydrogens is 614 g/mol. The van der Waals surface area contributed by atoms with Gasteiger partial charge in [-0.2, -0.15) is 0 Å². The van der Waals surface area contributed by atoms with Gasteiger partial charge in [-0.25, -0.2) is 4.79 Å². The highest BCUT2D eigenvalue weighted by Crippen LogP contribution is 2.42. The Morgan fingerprint density at radius 1 is 0.837 bits per heavy atom.